The molecular weight excluding hydrogens is 298 g/mol. The minimum atomic E-state index is -0.257. The Morgan fingerprint density at radius 1 is 1.27 bits per heavy atom. The third kappa shape index (κ3) is 3.30. The molecule has 2 aromatic heterocycles. The molecule has 5 heteroatoms. The minimum Gasteiger partial charge on any atom is -0.466 e. The molecule has 118 valence electrons. The normalized spacial score (nSPS) is 10.7. The number of hydrogen-bond acceptors (Lipinski definition) is 4. The average Bonchev–Trinajstić information content (AvgIpc) is 3.13. The lowest BCUT2D eigenvalue weighted by Crippen LogP contribution is -2.15. The molecule has 0 amide bonds. The van der Waals surface area contributed by atoms with E-state index in [1.807, 2.05) is 42.0 Å². The number of aromatic nitrogens is 1. The van der Waals surface area contributed by atoms with E-state index in [1.165, 1.54) is 11.3 Å². The Bertz CT molecular complexity index is 656. The maximum absolute atomic E-state index is 12.8. The Hall–Kier alpha value is -1.88. The molecule has 2 rings (SSSR count). The van der Waals surface area contributed by atoms with Crippen molar-refractivity contribution in [1.29, 1.82) is 0 Å². The zero-order valence-corrected chi connectivity index (χ0v) is 14.0. The molecule has 0 aromatic carbocycles. The van der Waals surface area contributed by atoms with E-state index >= 15 is 0 Å². The van der Waals surface area contributed by atoms with E-state index < -0.39 is 0 Å². The van der Waals surface area contributed by atoms with Crippen LogP contribution in [0.4, 0.5) is 0 Å². The topological polar surface area (TPSA) is 48.3 Å². The van der Waals surface area contributed by atoms with Crippen molar-refractivity contribution in [3.05, 3.63) is 45.4 Å². The van der Waals surface area contributed by atoms with Gasteiger partial charge in [0.1, 0.15) is 0 Å². The number of carbonyl (C=O) groups excluding carboxylic acids is 2. The molecule has 0 atom stereocenters. The van der Waals surface area contributed by atoms with Crippen molar-refractivity contribution in [2.45, 2.75) is 40.2 Å². The lowest BCUT2D eigenvalue weighted by atomic mass is 10.1. The zero-order valence-electron chi connectivity index (χ0n) is 13.2. The summed E-state index contributed by atoms with van der Waals surface area (Å²) in [5, 5.41) is 1.90. The first kappa shape index (κ1) is 16.5. The molecule has 2 heterocycles. The Morgan fingerprint density at radius 3 is 2.59 bits per heavy atom. The highest BCUT2D eigenvalue weighted by Crippen LogP contribution is 2.23. The summed E-state index contributed by atoms with van der Waals surface area (Å²) in [7, 11) is 0. The maximum atomic E-state index is 12.8. The Kier molecular flexibility index (Phi) is 5.55. The van der Waals surface area contributed by atoms with Crippen molar-refractivity contribution in [2.24, 2.45) is 0 Å². The third-order valence-corrected chi connectivity index (χ3v) is 4.42. The monoisotopic (exact) mass is 319 g/mol. The van der Waals surface area contributed by atoms with E-state index in [1.54, 1.807) is 6.92 Å². The number of aryl methyl sites for hydroxylation is 1. The van der Waals surface area contributed by atoms with Gasteiger partial charge in [-0.3, -0.25) is 9.59 Å². The highest BCUT2D eigenvalue weighted by Gasteiger charge is 2.22. The lowest BCUT2D eigenvalue weighted by molar-refractivity contribution is -0.142. The fourth-order valence-electron chi connectivity index (χ4n) is 2.59. The summed E-state index contributed by atoms with van der Waals surface area (Å²) in [6.45, 7) is 6.82. The van der Waals surface area contributed by atoms with E-state index in [0.717, 1.165) is 22.6 Å². The molecule has 0 fully saturated rings. The maximum Gasteiger partial charge on any atom is 0.311 e. The lowest BCUT2D eigenvalue weighted by Gasteiger charge is -2.10. The summed E-state index contributed by atoms with van der Waals surface area (Å²) in [5.74, 6) is -0.226. The van der Waals surface area contributed by atoms with E-state index in [-0.39, 0.29) is 18.2 Å². The Balaban J connectivity index is 2.42. The van der Waals surface area contributed by atoms with E-state index in [9.17, 15) is 9.59 Å². The summed E-state index contributed by atoms with van der Waals surface area (Å²) in [6.07, 6.45) is 0.960. The third-order valence-electron chi connectivity index (χ3n) is 3.55. The van der Waals surface area contributed by atoms with Crippen LogP contribution in [0, 0.1) is 0 Å². The van der Waals surface area contributed by atoms with Gasteiger partial charge in [-0.1, -0.05) is 13.0 Å². The van der Waals surface area contributed by atoms with Crippen LogP contribution in [-0.2, 0) is 28.9 Å². The minimum absolute atomic E-state index is 0.0313. The van der Waals surface area contributed by atoms with Crippen molar-refractivity contribution in [3.63, 3.8) is 0 Å². The number of nitrogens with zero attached hydrogens (tertiary/aromatic N) is 1. The van der Waals surface area contributed by atoms with Gasteiger partial charge in [-0.05, 0) is 43.3 Å². The molecule has 0 saturated carbocycles. The molecule has 22 heavy (non-hydrogen) atoms. The van der Waals surface area contributed by atoms with Crippen LogP contribution in [0.1, 0.15) is 47.4 Å². The van der Waals surface area contributed by atoms with Crippen LogP contribution in [-0.4, -0.2) is 22.9 Å². The molecule has 0 spiro atoms. The first-order valence-electron chi connectivity index (χ1n) is 7.57. The average molecular weight is 319 g/mol. The van der Waals surface area contributed by atoms with Gasteiger partial charge in [0.2, 0.25) is 5.78 Å². The summed E-state index contributed by atoms with van der Waals surface area (Å²) < 4.78 is 6.97. The molecule has 4 nitrogen and oxygen atoms in total. The van der Waals surface area contributed by atoms with Gasteiger partial charge in [-0.15, -0.1) is 11.3 Å². The van der Waals surface area contributed by atoms with Gasteiger partial charge in [0.15, 0.2) is 0 Å². The second-order valence-electron chi connectivity index (χ2n) is 4.90. The fourth-order valence-corrected chi connectivity index (χ4v) is 3.26. The molecular formula is C17H21NO3S. The fraction of sp³-hybridized carbons (Fsp3) is 0.412. The molecule has 0 N–H and O–H groups in total. The number of hydrogen-bond donors (Lipinski definition) is 0. The largest absolute Gasteiger partial charge is 0.466 e. The Labute approximate surface area is 134 Å². The van der Waals surface area contributed by atoms with E-state index in [4.69, 9.17) is 4.74 Å². The summed E-state index contributed by atoms with van der Waals surface area (Å²) in [6, 6.07) is 5.67. The smallest absolute Gasteiger partial charge is 0.311 e. The SMILES string of the molecule is CCOC(=O)Cc1cc(CC)c(C(=O)c2cccs2)n1CC. The molecule has 2 aromatic rings. The van der Waals surface area contributed by atoms with Gasteiger partial charge >= 0.3 is 5.97 Å². The molecule has 0 radical (unpaired) electrons. The first-order valence-corrected chi connectivity index (χ1v) is 8.45. The zero-order chi connectivity index (χ0) is 16.1. The summed E-state index contributed by atoms with van der Waals surface area (Å²) in [4.78, 5) is 25.3. The van der Waals surface area contributed by atoms with Crippen LogP contribution in [0.25, 0.3) is 0 Å². The number of ether oxygens (including phenoxy) is 1. The van der Waals surface area contributed by atoms with Crippen molar-refractivity contribution in [1.82, 2.24) is 4.57 Å². The highest BCUT2D eigenvalue weighted by molar-refractivity contribution is 7.12. The van der Waals surface area contributed by atoms with E-state index in [2.05, 4.69) is 0 Å². The predicted molar refractivity (Wildman–Crippen MR) is 87.6 cm³/mol. The molecule has 0 aliphatic heterocycles. The van der Waals surface area contributed by atoms with Gasteiger partial charge in [-0.25, -0.2) is 0 Å². The number of ketones is 1. The summed E-state index contributed by atoms with van der Waals surface area (Å²) >= 11 is 1.44. The van der Waals surface area contributed by atoms with Crippen LogP contribution in [0.5, 0.6) is 0 Å². The number of thiophene rings is 1. The van der Waals surface area contributed by atoms with Crippen LogP contribution in [0.2, 0.25) is 0 Å². The number of rotatable bonds is 7. The highest BCUT2D eigenvalue weighted by atomic mass is 32.1. The summed E-state index contributed by atoms with van der Waals surface area (Å²) in [5.41, 5.74) is 2.53. The number of esters is 1. The molecule has 0 aliphatic carbocycles. The Morgan fingerprint density at radius 2 is 2.05 bits per heavy atom. The van der Waals surface area contributed by atoms with Gasteiger partial charge < -0.3 is 9.30 Å². The molecule has 0 aliphatic rings. The van der Waals surface area contributed by atoms with Crippen LogP contribution in [0.15, 0.2) is 23.6 Å². The van der Waals surface area contributed by atoms with Crippen LogP contribution >= 0.6 is 11.3 Å². The second kappa shape index (κ2) is 7.40. The van der Waals surface area contributed by atoms with Gasteiger partial charge in [0.05, 0.1) is 23.6 Å². The second-order valence-corrected chi connectivity index (χ2v) is 5.84. The van der Waals surface area contributed by atoms with Crippen molar-refractivity contribution in [2.75, 3.05) is 6.61 Å². The molecule has 0 unspecified atom stereocenters. The molecule has 0 bridgehead atoms. The molecule has 0 saturated heterocycles. The van der Waals surface area contributed by atoms with Gasteiger partial charge in [0.25, 0.3) is 0 Å². The van der Waals surface area contributed by atoms with Crippen molar-refractivity contribution >= 4 is 23.1 Å². The number of carbonyl (C=O) groups is 2. The van der Waals surface area contributed by atoms with Gasteiger partial charge in [0, 0.05) is 12.2 Å². The quantitative estimate of drug-likeness (QED) is 0.580. The van der Waals surface area contributed by atoms with Crippen LogP contribution < -0.4 is 0 Å². The first-order chi connectivity index (χ1) is 10.6. The predicted octanol–water partition coefficient (Wildman–Crippen LogP) is 3.47. The van der Waals surface area contributed by atoms with E-state index in [0.29, 0.717) is 18.8 Å². The van der Waals surface area contributed by atoms with Gasteiger partial charge in [-0.2, -0.15) is 0 Å². The standard InChI is InChI=1S/C17H21NO3S/c1-4-12-10-13(11-15(19)21-6-3)18(5-2)16(12)17(20)14-8-7-9-22-14/h7-10H,4-6,11H2,1-3H3. The van der Waals surface area contributed by atoms with Crippen molar-refractivity contribution < 1.29 is 14.3 Å². The van der Waals surface area contributed by atoms with Crippen LogP contribution in [0.3, 0.4) is 0 Å². The van der Waals surface area contributed by atoms with Crippen molar-refractivity contribution in [3.8, 4) is 0 Å².